The minimum atomic E-state index is 0.222. The summed E-state index contributed by atoms with van der Waals surface area (Å²) in [7, 11) is 0. The van der Waals surface area contributed by atoms with Crippen LogP contribution in [0, 0.1) is 0 Å². The Kier molecular flexibility index (Phi) is 9.09. The number of rotatable bonds is 7. The number of nitrogens with zero attached hydrogens (tertiary/aromatic N) is 3. The molecule has 7 heteroatoms. The highest BCUT2D eigenvalue weighted by Gasteiger charge is 2.39. The maximum absolute atomic E-state index is 4.85. The van der Waals surface area contributed by atoms with Gasteiger partial charge >= 0.3 is 0 Å². The molecule has 4 atom stereocenters. The highest BCUT2D eigenvalue weighted by molar-refractivity contribution is 5.81. The average molecular weight is 626 g/mol. The Morgan fingerprint density at radius 1 is 0.766 bits per heavy atom. The van der Waals surface area contributed by atoms with E-state index in [1.54, 1.807) is 6.08 Å². The van der Waals surface area contributed by atoms with Gasteiger partial charge < -0.3 is 25.5 Å². The number of para-hydroxylation sites is 1. The van der Waals surface area contributed by atoms with Crippen LogP contribution in [0.3, 0.4) is 0 Å². The van der Waals surface area contributed by atoms with Crippen molar-refractivity contribution < 1.29 is 0 Å². The molecule has 4 N–H and O–H groups in total. The van der Waals surface area contributed by atoms with E-state index in [0.717, 1.165) is 61.0 Å². The molecule has 3 aliphatic rings. The lowest BCUT2D eigenvalue weighted by Gasteiger charge is -2.31. The van der Waals surface area contributed by atoms with Crippen LogP contribution < -0.4 is 15.5 Å². The molecule has 242 valence electrons. The van der Waals surface area contributed by atoms with E-state index in [-0.39, 0.29) is 12.1 Å². The smallest absolute Gasteiger partial charge is 0.123 e. The zero-order valence-electron chi connectivity index (χ0n) is 27.9. The van der Waals surface area contributed by atoms with Gasteiger partial charge in [-0.25, -0.2) is 9.97 Å². The van der Waals surface area contributed by atoms with E-state index >= 15 is 0 Å². The monoisotopic (exact) mass is 625 g/mol. The number of nitrogens with one attached hydrogen (secondary N) is 4. The normalized spacial score (nSPS) is 21.8. The summed E-state index contributed by atoms with van der Waals surface area (Å²) in [6, 6.07) is 25.7. The van der Waals surface area contributed by atoms with Gasteiger partial charge in [0.1, 0.15) is 11.6 Å². The second kappa shape index (κ2) is 13.7. The fourth-order valence-corrected chi connectivity index (χ4v) is 7.86. The third-order valence-corrected chi connectivity index (χ3v) is 10.0. The Labute approximate surface area is 279 Å². The topological polar surface area (TPSA) is 84.7 Å². The van der Waals surface area contributed by atoms with Gasteiger partial charge in [0, 0.05) is 11.3 Å². The predicted molar refractivity (Wildman–Crippen MR) is 193 cm³/mol. The van der Waals surface area contributed by atoms with Gasteiger partial charge in [-0.2, -0.15) is 0 Å². The molecule has 47 heavy (non-hydrogen) atoms. The Morgan fingerprint density at radius 3 is 1.94 bits per heavy atom. The van der Waals surface area contributed by atoms with E-state index in [0.29, 0.717) is 12.1 Å². The maximum Gasteiger partial charge on any atom is 0.123 e. The number of hydrogen-bond acceptors (Lipinski definition) is 5. The fraction of sp³-hybridized carbons (Fsp3) is 0.350. The number of fused-ring (bicyclic) bond motifs is 1. The number of allylic oxidation sites excluding steroid dienone is 1. The Bertz CT molecular complexity index is 1790. The van der Waals surface area contributed by atoms with Crippen molar-refractivity contribution in [3.05, 3.63) is 115 Å². The minimum Gasteiger partial charge on any atom is -0.358 e. The number of anilines is 1. The Morgan fingerprint density at radius 2 is 1.34 bits per heavy atom. The maximum atomic E-state index is 4.85. The lowest BCUT2D eigenvalue weighted by molar-refractivity contribution is 0.597. The zero-order chi connectivity index (χ0) is 32.3. The molecule has 0 radical (unpaired) electrons. The molecule has 4 unspecified atom stereocenters. The third kappa shape index (κ3) is 5.94. The van der Waals surface area contributed by atoms with Gasteiger partial charge in [0.05, 0.1) is 47.9 Å². The van der Waals surface area contributed by atoms with Crippen LogP contribution in [0.1, 0.15) is 99.8 Å². The molecule has 5 heterocycles. The van der Waals surface area contributed by atoms with Gasteiger partial charge in [-0.15, -0.1) is 6.58 Å². The van der Waals surface area contributed by atoms with Crippen LogP contribution in [0.4, 0.5) is 5.69 Å². The van der Waals surface area contributed by atoms with Crippen molar-refractivity contribution in [1.82, 2.24) is 30.6 Å². The predicted octanol–water partition coefficient (Wildman–Crippen LogP) is 9.21. The molecule has 2 fully saturated rings. The molecule has 5 aromatic rings. The van der Waals surface area contributed by atoms with Crippen LogP contribution >= 0.6 is 0 Å². The minimum absolute atomic E-state index is 0.222. The molecule has 2 aromatic heterocycles. The van der Waals surface area contributed by atoms with Gasteiger partial charge in [-0.3, -0.25) is 0 Å². The standard InChI is InChI=1S/C37H41N7.C3H6/c1-3-33-35-28(32-22-41-37(43-32)30-12-8-20-39-30)18-17-27(34(35)23(2)44(33)26-9-5-4-6-10-26)24-13-15-25(16-14-24)31-21-40-36(42-31)29-11-7-19-38-29;1-3-2/h4-6,9-10,13-18,21-23,29-30,33,38-39H,3,7-8,11-12,19-20H2,1-2H3,(H,40,42)(H,41,43);3H,1H2,2H3. The molecule has 8 rings (SSSR count). The van der Waals surface area contributed by atoms with E-state index in [1.807, 2.05) is 19.3 Å². The number of H-pyrrole nitrogens is 2. The van der Waals surface area contributed by atoms with E-state index < -0.39 is 0 Å². The van der Waals surface area contributed by atoms with E-state index in [4.69, 9.17) is 9.97 Å². The molecular formula is C40H47N7. The lowest BCUT2D eigenvalue weighted by Crippen LogP contribution is -2.24. The number of imidazole rings is 2. The van der Waals surface area contributed by atoms with Gasteiger partial charge in [0.2, 0.25) is 0 Å². The summed E-state index contributed by atoms with van der Waals surface area (Å²) in [4.78, 5) is 19.4. The van der Waals surface area contributed by atoms with Crippen LogP contribution in [0.2, 0.25) is 0 Å². The summed E-state index contributed by atoms with van der Waals surface area (Å²) < 4.78 is 0. The summed E-state index contributed by atoms with van der Waals surface area (Å²) in [6.07, 6.45) is 11.5. The van der Waals surface area contributed by atoms with Gasteiger partial charge in [0.15, 0.2) is 0 Å². The van der Waals surface area contributed by atoms with Crippen molar-refractivity contribution >= 4 is 5.69 Å². The fourth-order valence-electron chi connectivity index (χ4n) is 7.86. The first kappa shape index (κ1) is 31.2. The molecule has 0 amide bonds. The largest absolute Gasteiger partial charge is 0.358 e. The molecule has 0 aliphatic carbocycles. The summed E-state index contributed by atoms with van der Waals surface area (Å²) >= 11 is 0. The van der Waals surface area contributed by atoms with Gasteiger partial charge in [0.25, 0.3) is 0 Å². The first-order chi connectivity index (χ1) is 23.1. The molecule has 3 aliphatic heterocycles. The molecule has 3 aromatic carbocycles. The lowest BCUT2D eigenvalue weighted by atomic mass is 9.87. The third-order valence-electron chi connectivity index (χ3n) is 10.0. The SMILES string of the molecule is C=CC.CCC1c2c(-c3cnc(C4CCCN4)[nH]3)ccc(-c3ccc(-c4cnc(C5CCCN5)[nH]4)cc3)c2C(C)N1c1ccccc1. The number of benzene rings is 3. The molecule has 7 nitrogen and oxygen atoms in total. The van der Waals surface area contributed by atoms with Crippen LogP contribution in [-0.2, 0) is 0 Å². The van der Waals surface area contributed by atoms with E-state index in [9.17, 15) is 0 Å². The average Bonchev–Trinajstić information content (AvgIpc) is 3.95. The summed E-state index contributed by atoms with van der Waals surface area (Å²) in [5.41, 5.74) is 11.3. The number of hydrogen-bond donors (Lipinski definition) is 4. The van der Waals surface area contributed by atoms with Crippen LogP contribution in [0.15, 0.2) is 91.8 Å². The van der Waals surface area contributed by atoms with Crippen molar-refractivity contribution in [2.75, 3.05) is 18.0 Å². The van der Waals surface area contributed by atoms with Crippen LogP contribution in [0.25, 0.3) is 33.6 Å². The quantitative estimate of drug-likeness (QED) is 0.136. The zero-order valence-corrected chi connectivity index (χ0v) is 27.9. The van der Waals surface area contributed by atoms with Crippen LogP contribution in [0.5, 0.6) is 0 Å². The first-order valence-corrected chi connectivity index (χ1v) is 17.4. The van der Waals surface area contributed by atoms with Crippen molar-refractivity contribution in [3.8, 4) is 33.6 Å². The first-order valence-electron chi connectivity index (χ1n) is 17.4. The summed E-state index contributed by atoms with van der Waals surface area (Å²) in [6.45, 7) is 12.1. The molecule has 0 saturated carbocycles. The number of aromatic amines is 2. The second-order valence-electron chi connectivity index (χ2n) is 13.0. The molecule has 0 spiro atoms. The highest BCUT2D eigenvalue weighted by atomic mass is 15.2. The van der Waals surface area contributed by atoms with E-state index in [1.165, 1.54) is 46.3 Å². The Balaban J connectivity index is 0.00000113. The molecule has 2 saturated heterocycles. The summed E-state index contributed by atoms with van der Waals surface area (Å²) in [5.74, 6) is 2.09. The molecular weight excluding hydrogens is 578 g/mol. The second-order valence-corrected chi connectivity index (χ2v) is 13.0. The summed E-state index contributed by atoms with van der Waals surface area (Å²) in [5, 5.41) is 7.14. The highest BCUT2D eigenvalue weighted by Crippen LogP contribution is 2.52. The van der Waals surface area contributed by atoms with Crippen molar-refractivity contribution in [3.63, 3.8) is 0 Å². The van der Waals surface area contributed by atoms with Crippen molar-refractivity contribution in [2.24, 2.45) is 0 Å². The molecule has 0 bridgehead atoms. The number of aromatic nitrogens is 4. The van der Waals surface area contributed by atoms with E-state index in [2.05, 4.69) is 113 Å². The van der Waals surface area contributed by atoms with Crippen molar-refractivity contribution in [1.29, 1.82) is 0 Å². The van der Waals surface area contributed by atoms with Gasteiger partial charge in [-0.05, 0) is 99.0 Å². The Hall–Kier alpha value is -4.46. The van der Waals surface area contributed by atoms with Gasteiger partial charge in [-0.1, -0.05) is 67.6 Å². The van der Waals surface area contributed by atoms with Crippen molar-refractivity contribution in [2.45, 2.75) is 77.0 Å². The van der Waals surface area contributed by atoms with Crippen LogP contribution in [-0.4, -0.2) is 33.0 Å².